The first-order chi connectivity index (χ1) is 14.1. The van der Waals surface area contributed by atoms with Gasteiger partial charge in [0.05, 0.1) is 11.7 Å². The van der Waals surface area contributed by atoms with E-state index < -0.39 is 0 Å². The molecule has 3 aromatic carbocycles. The van der Waals surface area contributed by atoms with Crippen molar-refractivity contribution in [3.63, 3.8) is 0 Å². The lowest BCUT2D eigenvalue weighted by molar-refractivity contribution is -0.118. The third kappa shape index (κ3) is 3.84. The zero-order valence-corrected chi connectivity index (χ0v) is 15.9. The predicted octanol–water partition coefficient (Wildman–Crippen LogP) is 4.19. The Kier molecular flexibility index (Phi) is 5.03. The number of pyridine rings is 1. The molecular formula is C24H19N3O2. The molecule has 1 aromatic heterocycles. The van der Waals surface area contributed by atoms with Gasteiger partial charge in [0.2, 0.25) is 0 Å². The quantitative estimate of drug-likeness (QED) is 0.393. The first-order valence-electron chi connectivity index (χ1n) is 9.24. The van der Waals surface area contributed by atoms with Gasteiger partial charge in [-0.2, -0.15) is 5.10 Å². The lowest BCUT2D eigenvalue weighted by Crippen LogP contribution is -2.34. The highest BCUT2D eigenvalue weighted by atomic mass is 16.2. The number of hydrogen-bond donors (Lipinski definition) is 0. The highest BCUT2D eigenvalue weighted by Gasteiger charge is 2.12. The molecule has 0 radical (unpaired) electrons. The number of hydrogen-bond acceptors (Lipinski definition) is 3. The van der Waals surface area contributed by atoms with Crippen molar-refractivity contribution in [2.45, 2.75) is 6.92 Å². The highest BCUT2D eigenvalue weighted by Crippen LogP contribution is 2.19. The molecule has 5 nitrogen and oxygen atoms in total. The summed E-state index contributed by atoms with van der Waals surface area (Å²) in [5.74, 6) is -0.268. The van der Waals surface area contributed by atoms with Crippen molar-refractivity contribution in [3.05, 3.63) is 107 Å². The zero-order chi connectivity index (χ0) is 20.2. The van der Waals surface area contributed by atoms with E-state index >= 15 is 0 Å². The summed E-state index contributed by atoms with van der Waals surface area (Å²) >= 11 is 0. The number of benzene rings is 3. The number of carbonyl (C=O) groups excluding carboxylic acids is 1. The highest BCUT2D eigenvalue weighted by molar-refractivity contribution is 5.90. The molecule has 29 heavy (non-hydrogen) atoms. The van der Waals surface area contributed by atoms with Gasteiger partial charge in [-0.05, 0) is 28.8 Å². The summed E-state index contributed by atoms with van der Waals surface area (Å²) in [5, 5.41) is 6.14. The Labute approximate surface area is 168 Å². The molecule has 5 heteroatoms. The minimum Gasteiger partial charge on any atom is -0.289 e. The Balaban J connectivity index is 1.66. The molecular weight excluding hydrogens is 362 g/mol. The van der Waals surface area contributed by atoms with E-state index in [9.17, 15) is 9.59 Å². The molecule has 0 spiro atoms. The van der Waals surface area contributed by atoms with Crippen LogP contribution in [0, 0.1) is 0 Å². The molecule has 0 aliphatic rings. The Bertz CT molecular complexity index is 1240. The van der Waals surface area contributed by atoms with Gasteiger partial charge in [-0.3, -0.25) is 9.59 Å². The van der Waals surface area contributed by atoms with Crippen LogP contribution in [0.5, 0.6) is 0 Å². The largest absolute Gasteiger partial charge is 0.289 e. The third-order valence-corrected chi connectivity index (χ3v) is 4.60. The van der Waals surface area contributed by atoms with Crippen molar-refractivity contribution >= 4 is 23.0 Å². The molecule has 4 rings (SSSR count). The number of fused-ring (bicyclic) bond motifs is 1. The summed E-state index contributed by atoms with van der Waals surface area (Å²) < 4.78 is 1.58. The molecule has 0 saturated carbocycles. The van der Waals surface area contributed by atoms with Crippen LogP contribution in [0.4, 0.5) is 0 Å². The minimum atomic E-state index is -0.268. The van der Waals surface area contributed by atoms with E-state index in [1.54, 1.807) is 35.3 Å². The van der Waals surface area contributed by atoms with Gasteiger partial charge in [0, 0.05) is 24.6 Å². The van der Waals surface area contributed by atoms with E-state index in [1.807, 2.05) is 48.5 Å². The van der Waals surface area contributed by atoms with Gasteiger partial charge >= 0.3 is 0 Å². The van der Waals surface area contributed by atoms with Gasteiger partial charge in [0.1, 0.15) is 0 Å². The number of hydrazone groups is 1. The molecule has 0 fully saturated rings. The second-order valence-corrected chi connectivity index (χ2v) is 6.58. The number of carbonyl (C=O) groups is 1. The van der Waals surface area contributed by atoms with Crippen LogP contribution in [0.25, 0.3) is 22.0 Å². The Morgan fingerprint density at radius 2 is 1.52 bits per heavy atom. The smallest absolute Gasteiger partial charge is 0.259 e. The fourth-order valence-electron chi connectivity index (χ4n) is 3.16. The van der Waals surface area contributed by atoms with Crippen molar-refractivity contribution < 1.29 is 4.79 Å². The van der Waals surface area contributed by atoms with E-state index in [0.717, 1.165) is 16.7 Å². The Morgan fingerprint density at radius 3 is 2.24 bits per heavy atom. The van der Waals surface area contributed by atoms with Gasteiger partial charge in [0.25, 0.3) is 5.91 Å². The average molecular weight is 381 g/mol. The lowest BCUT2D eigenvalue weighted by atomic mass is 10.0. The Morgan fingerprint density at radius 1 is 0.862 bits per heavy atom. The topological polar surface area (TPSA) is 54.7 Å². The second kappa shape index (κ2) is 7.94. The molecule has 0 bridgehead atoms. The summed E-state index contributed by atoms with van der Waals surface area (Å²) in [7, 11) is 0. The number of aromatic nitrogens is 1. The molecule has 0 atom stereocenters. The van der Waals surface area contributed by atoms with Crippen molar-refractivity contribution in [1.29, 1.82) is 0 Å². The molecule has 1 heterocycles. The van der Waals surface area contributed by atoms with Crippen LogP contribution in [0.15, 0.2) is 101 Å². The maximum atomic E-state index is 12.2. The molecule has 1 amide bonds. The lowest BCUT2D eigenvalue weighted by Gasteiger charge is -2.20. The molecule has 0 aliphatic carbocycles. The number of nitrogens with zero attached hydrogens (tertiary/aromatic N) is 3. The van der Waals surface area contributed by atoms with Crippen LogP contribution < -0.4 is 10.5 Å². The van der Waals surface area contributed by atoms with E-state index in [4.69, 9.17) is 0 Å². The number of rotatable bonds is 4. The third-order valence-electron chi connectivity index (χ3n) is 4.60. The van der Waals surface area contributed by atoms with Gasteiger partial charge in [0.15, 0.2) is 5.43 Å². The van der Waals surface area contributed by atoms with E-state index in [-0.39, 0.29) is 11.3 Å². The number of para-hydroxylation sites is 1. The van der Waals surface area contributed by atoms with Crippen molar-refractivity contribution in [2.24, 2.45) is 5.10 Å². The van der Waals surface area contributed by atoms with Crippen molar-refractivity contribution in [2.75, 3.05) is 5.12 Å². The van der Waals surface area contributed by atoms with Crippen molar-refractivity contribution in [3.8, 4) is 11.1 Å². The van der Waals surface area contributed by atoms with Crippen LogP contribution in [0.3, 0.4) is 0 Å². The van der Waals surface area contributed by atoms with Crippen LogP contribution >= 0.6 is 0 Å². The standard InChI is InChI=1S/C24H19N3O2/c1-18(28)27(26-16-15-24(29)22-9-5-6-10-23(22)26)25-17-19-11-13-21(14-12-19)20-7-3-2-4-8-20/h2-17H,1H3. The molecule has 0 saturated heterocycles. The first-order valence-corrected chi connectivity index (χ1v) is 9.24. The van der Waals surface area contributed by atoms with Crippen LogP contribution in [0.1, 0.15) is 12.5 Å². The summed E-state index contributed by atoms with van der Waals surface area (Å²) in [6.45, 7) is 1.43. The SMILES string of the molecule is CC(=O)N(N=Cc1ccc(-c2ccccc2)cc1)n1ccc(=O)c2ccccc21. The predicted molar refractivity (Wildman–Crippen MR) is 117 cm³/mol. The maximum absolute atomic E-state index is 12.2. The normalized spacial score (nSPS) is 11.1. The monoisotopic (exact) mass is 381 g/mol. The van der Waals surface area contributed by atoms with E-state index in [0.29, 0.717) is 10.9 Å². The molecule has 142 valence electrons. The number of amides is 1. The van der Waals surface area contributed by atoms with Crippen LogP contribution in [0.2, 0.25) is 0 Å². The van der Waals surface area contributed by atoms with Crippen LogP contribution in [-0.2, 0) is 4.79 Å². The Hall–Kier alpha value is -3.99. The zero-order valence-electron chi connectivity index (χ0n) is 15.9. The van der Waals surface area contributed by atoms with Gasteiger partial charge in [-0.15, -0.1) is 5.12 Å². The van der Waals surface area contributed by atoms with Gasteiger partial charge < -0.3 is 0 Å². The molecule has 4 aromatic rings. The first kappa shape index (κ1) is 18.4. The van der Waals surface area contributed by atoms with Crippen LogP contribution in [-0.4, -0.2) is 16.8 Å². The second-order valence-electron chi connectivity index (χ2n) is 6.58. The van der Waals surface area contributed by atoms with Gasteiger partial charge in [-0.1, -0.05) is 66.7 Å². The van der Waals surface area contributed by atoms with E-state index in [2.05, 4.69) is 17.2 Å². The van der Waals surface area contributed by atoms with Crippen molar-refractivity contribution in [1.82, 2.24) is 4.68 Å². The minimum absolute atomic E-state index is 0.0965. The molecule has 0 aliphatic heterocycles. The van der Waals surface area contributed by atoms with Gasteiger partial charge in [-0.25, -0.2) is 4.68 Å². The maximum Gasteiger partial charge on any atom is 0.259 e. The van der Waals surface area contributed by atoms with E-state index in [1.165, 1.54) is 18.1 Å². The average Bonchev–Trinajstić information content (AvgIpc) is 2.76. The summed E-state index contributed by atoms with van der Waals surface area (Å²) in [5.41, 5.74) is 3.63. The molecule has 0 unspecified atom stereocenters. The summed E-state index contributed by atoms with van der Waals surface area (Å²) in [4.78, 5) is 24.3. The molecule has 0 N–H and O–H groups in total. The fourth-order valence-corrected chi connectivity index (χ4v) is 3.16. The fraction of sp³-hybridized carbons (Fsp3) is 0.0417. The summed E-state index contributed by atoms with van der Waals surface area (Å²) in [6, 6.07) is 26.6. The summed E-state index contributed by atoms with van der Waals surface area (Å²) in [6.07, 6.45) is 3.19.